The van der Waals surface area contributed by atoms with Gasteiger partial charge in [0.15, 0.2) is 9.84 Å². The van der Waals surface area contributed by atoms with Crippen LogP contribution in [0.4, 0.5) is 0 Å². The summed E-state index contributed by atoms with van der Waals surface area (Å²) in [6.07, 6.45) is 0.162. The lowest BCUT2D eigenvalue weighted by atomic mass is 10.2. The minimum absolute atomic E-state index is 0.0409. The van der Waals surface area contributed by atoms with Crippen molar-refractivity contribution in [3.05, 3.63) is 29.8 Å². The smallest absolute Gasteiger partial charge is 0.154 e. The van der Waals surface area contributed by atoms with Crippen molar-refractivity contribution >= 4 is 15.7 Å². The van der Waals surface area contributed by atoms with Gasteiger partial charge in [-0.05, 0) is 18.6 Å². The molecule has 1 aliphatic heterocycles. The number of hydrogen-bond donors (Lipinski definition) is 2. The van der Waals surface area contributed by atoms with Gasteiger partial charge in [0.25, 0.3) is 0 Å². The van der Waals surface area contributed by atoms with Crippen molar-refractivity contribution in [1.82, 2.24) is 0 Å². The molecule has 1 fully saturated rings. The average molecular weight is 254 g/mol. The molecule has 0 aliphatic carbocycles. The summed E-state index contributed by atoms with van der Waals surface area (Å²) in [5.41, 5.74) is 5.92. The molecule has 1 heterocycles. The van der Waals surface area contributed by atoms with Crippen LogP contribution in [0.1, 0.15) is 12.0 Å². The number of rotatable bonds is 3. The van der Waals surface area contributed by atoms with Gasteiger partial charge in [0, 0.05) is 0 Å². The molecule has 5 nitrogen and oxygen atoms in total. The van der Waals surface area contributed by atoms with Gasteiger partial charge in [-0.1, -0.05) is 12.1 Å². The predicted molar refractivity (Wildman–Crippen MR) is 65.1 cm³/mol. The minimum atomic E-state index is -2.96. The second kappa shape index (κ2) is 4.37. The molecule has 17 heavy (non-hydrogen) atoms. The highest BCUT2D eigenvalue weighted by Crippen LogP contribution is 2.23. The van der Waals surface area contributed by atoms with Crippen molar-refractivity contribution in [2.75, 3.05) is 11.5 Å². The lowest BCUT2D eigenvalue weighted by molar-refractivity contribution is 0.228. The highest BCUT2D eigenvalue weighted by molar-refractivity contribution is 7.91. The lowest BCUT2D eigenvalue weighted by Crippen LogP contribution is -2.20. The number of nitrogens with one attached hydrogen (secondary N) is 1. The molecule has 2 rings (SSSR count). The second-order valence-corrected chi connectivity index (χ2v) is 6.28. The summed E-state index contributed by atoms with van der Waals surface area (Å²) < 4.78 is 28.2. The Hall–Kier alpha value is -1.56. The Bertz CT molecular complexity index is 539. The first kappa shape index (κ1) is 11.9. The monoisotopic (exact) mass is 254 g/mol. The van der Waals surface area contributed by atoms with E-state index in [1.807, 2.05) is 0 Å². The number of sulfone groups is 1. The van der Waals surface area contributed by atoms with Crippen LogP contribution in [0.3, 0.4) is 0 Å². The predicted octanol–water partition coefficient (Wildman–Crippen LogP) is 0.537. The van der Waals surface area contributed by atoms with Crippen molar-refractivity contribution in [2.45, 2.75) is 12.5 Å². The quantitative estimate of drug-likeness (QED) is 0.608. The van der Waals surface area contributed by atoms with Gasteiger partial charge in [0.2, 0.25) is 0 Å². The molecule has 0 bridgehead atoms. The highest BCUT2D eigenvalue weighted by atomic mass is 32.2. The maximum absolute atomic E-state index is 11.3. The van der Waals surface area contributed by atoms with Crippen molar-refractivity contribution in [2.24, 2.45) is 5.73 Å². The Morgan fingerprint density at radius 3 is 2.71 bits per heavy atom. The topological polar surface area (TPSA) is 93.2 Å². The van der Waals surface area contributed by atoms with Gasteiger partial charge in [0.05, 0.1) is 17.1 Å². The maximum atomic E-state index is 11.3. The standard InChI is InChI=1S/C11H14N2O3S/c12-11(13)9-3-1-2-4-10(9)16-8-5-6-17(14,15)7-8/h1-4,8H,5-7H2,(H3,12,13). The Morgan fingerprint density at radius 1 is 1.41 bits per heavy atom. The second-order valence-electron chi connectivity index (χ2n) is 4.05. The Labute approximate surface area is 100 Å². The summed E-state index contributed by atoms with van der Waals surface area (Å²) in [4.78, 5) is 0. The molecule has 0 radical (unpaired) electrons. The molecule has 0 amide bonds. The zero-order valence-corrected chi connectivity index (χ0v) is 10.0. The Morgan fingerprint density at radius 2 is 2.12 bits per heavy atom. The molecule has 92 valence electrons. The normalized spacial score (nSPS) is 22.2. The van der Waals surface area contributed by atoms with Gasteiger partial charge in [-0.15, -0.1) is 0 Å². The van der Waals surface area contributed by atoms with E-state index in [9.17, 15) is 8.42 Å². The van der Waals surface area contributed by atoms with E-state index in [4.69, 9.17) is 15.9 Å². The SMILES string of the molecule is N=C(N)c1ccccc1OC1CCS(=O)(=O)C1. The fraction of sp³-hybridized carbons (Fsp3) is 0.364. The Kier molecular flexibility index (Phi) is 3.06. The zero-order chi connectivity index (χ0) is 12.5. The van der Waals surface area contributed by atoms with Crippen LogP contribution >= 0.6 is 0 Å². The molecule has 3 N–H and O–H groups in total. The zero-order valence-electron chi connectivity index (χ0n) is 9.22. The van der Waals surface area contributed by atoms with Gasteiger partial charge < -0.3 is 10.5 Å². The molecular formula is C11H14N2O3S. The van der Waals surface area contributed by atoms with Gasteiger partial charge >= 0.3 is 0 Å². The molecule has 0 spiro atoms. The van der Waals surface area contributed by atoms with E-state index in [-0.39, 0.29) is 23.4 Å². The number of ether oxygens (including phenoxy) is 1. The van der Waals surface area contributed by atoms with Crippen LogP contribution in [0.5, 0.6) is 5.75 Å². The van der Waals surface area contributed by atoms with E-state index in [1.165, 1.54) is 0 Å². The fourth-order valence-corrected chi connectivity index (χ4v) is 3.42. The lowest BCUT2D eigenvalue weighted by Gasteiger charge is -2.14. The highest BCUT2D eigenvalue weighted by Gasteiger charge is 2.29. The van der Waals surface area contributed by atoms with E-state index in [2.05, 4.69) is 0 Å². The maximum Gasteiger partial charge on any atom is 0.154 e. The van der Waals surface area contributed by atoms with Crippen molar-refractivity contribution in [3.63, 3.8) is 0 Å². The number of nitrogens with two attached hydrogens (primary N) is 1. The molecule has 1 unspecified atom stereocenters. The number of para-hydroxylation sites is 1. The molecule has 1 atom stereocenters. The first-order chi connectivity index (χ1) is 7.98. The molecular weight excluding hydrogens is 240 g/mol. The van der Waals surface area contributed by atoms with Crippen LogP contribution in [0, 0.1) is 5.41 Å². The van der Waals surface area contributed by atoms with Gasteiger partial charge in [0.1, 0.15) is 17.7 Å². The van der Waals surface area contributed by atoms with Crippen LogP contribution < -0.4 is 10.5 Å². The molecule has 0 aromatic heterocycles. The van der Waals surface area contributed by atoms with Crippen molar-refractivity contribution in [1.29, 1.82) is 5.41 Å². The average Bonchev–Trinajstić information content (AvgIpc) is 2.58. The number of benzene rings is 1. The third-order valence-corrected chi connectivity index (χ3v) is 4.40. The molecule has 1 saturated heterocycles. The Balaban J connectivity index is 2.17. The van der Waals surface area contributed by atoms with Crippen molar-refractivity contribution < 1.29 is 13.2 Å². The third kappa shape index (κ3) is 2.76. The molecule has 1 aromatic rings. The van der Waals surface area contributed by atoms with E-state index >= 15 is 0 Å². The van der Waals surface area contributed by atoms with Crippen molar-refractivity contribution in [3.8, 4) is 5.75 Å². The summed E-state index contributed by atoms with van der Waals surface area (Å²) in [5.74, 6) is 0.600. The number of nitrogen functional groups attached to an aromatic ring is 1. The fourth-order valence-electron chi connectivity index (χ4n) is 1.83. The van der Waals surface area contributed by atoms with E-state index in [0.717, 1.165) is 0 Å². The molecule has 1 aliphatic rings. The van der Waals surface area contributed by atoms with E-state index in [1.54, 1.807) is 24.3 Å². The summed E-state index contributed by atoms with van der Waals surface area (Å²) in [5, 5.41) is 7.41. The number of hydrogen-bond acceptors (Lipinski definition) is 4. The molecule has 1 aromatic carbocycles. The first-order valence-electron chi connectivity index (χ1n) is 5.28. The van der Waals surface area contributed by atoms with Gasteiger partial charge in [-0.2, -0.15) is 0 Å². The molecule has 6 heteroatoms. The first-order valence-corrected chi connectivity index (χ1v) is 7.10. The van der Waals surface area contributed by atoms with Gasteiger partial charge in [-0.3, -0.25) is 5.41 Å². The summed E-state index contributed by atoms with van der Waals surface area (Å²) >= 11 is 0. The summed E-state index contributed by atoms with van der Waals surface area (Å²) in [7, 11) is -2.96. The van der Waals surface area contributed by atoms with Crippen LogP contribution in [0.2, 0.25) is 0 Å². The van der Waals surface area contributed by atoms with E-state index in [0.29, 0.717) is 17.7 Å². The largest absolute Gasteiger partial charge is 0.489 e. The minimum Gasteiger partial charge on any atom is -0.489 e. The summed E-state index contributed by atoms with van der Waals surface area (Å²) in [6.45, 7) is 0. The molecule has 0 saturated carbocycles. The summed E-state index contributed by atoms with van der Waals surface area (Å²) in [6, 6.07) is 6.91. The third-order valence-electron chi connectivity index (χ3n) is 2.66. The van der Waals surface area contributed by atoms with Crippen LogP contribution in [-0.4, -0.2) is 31.9 Å². The van der Waals surface area contributed by atoms with Crippen LogP contribution in [0.25, 0.3) is 0 Å². The van der Waals surface area contributed by atoms with Crippen LogP contribution in [-0.2, 0) is 9.84 Å². The number of amidine groups is 1. The van der Waals surface area contributed by atoms with E-state index < -0.39 is 9.84 Å². The van der Waals surface area contributed by atoms with Crippen LogP contribution in [0.15, 0.2) is 24.3 Å². The van der Waals surface area contributed by atoms with Gasteiger partial charge in [-0.25, -0.2) is 8.42 Å².